The van der Waals surface area contributed by atoms with Gasteiger partial charge >= 0.3 is 0 Å². The van der Waals surface area contributed by atoms with E-state index in [1.807, 2.05) is 59.5 Å². The summed E-state index contributed by atoms with van der Waals surface area (Å²) < 4.78 is 5.79. The number of para-hydroxylation sites is 1. The van der Waals surface area contributed by atoms with Gasteiger partial charge in [0.1, 0.15) is 11.5 Å². The molecular formula is C18H20N2O2. The number of nitrogens with zero attached hydrogens (tertiary/aromatic N) is 2. The molecule has 0 unspecified atom stereocenters. The Labute approximate surface area is 130 Å². The normalized spacial score (nSPS) is 15.6. The molecule has 4 heteroatoms. The SMILES string of the molecule is CN1CCN(C(=O)c2cccc(Oc3ccccc3)c2)CC1. The van der Waals surface area contributed by atoms with Crippen LogP contribution in [0.15, 0.2) is 54.6 Å². The summed E-state index contributed by atoms with van der Waals surface area (Å²) in [6.45, 7) is 3.40. The number of hydrogen-bond acceptors (Lipinski definition) is 3. The highest BCUT2D eigenvalue weighted by molar-refractivity contribution is 5.94. The van der Waals surface area contributed by atoms with Crippen molar-refractivity contribution in [3.05, 3.63) is 60.2 Å². The number of rotatable bonds is 3. The van der Waals surface area contributed by atoms with Gasteiger partial charge in [-0.2, -0.15) is 0 Å². The van der Waals surface area contributed by atoms with Gasteiger partial charge in [0.05, 0.1) is 0 Å². The van der Waals surface area contributed by atoms with E-state index in [4.69, 9.17) is 4.74 Å². The van der Waals surface area contributed by atoms with Gasteiger partial charge in [-0.05, 0) is 37.4 Å². The monoisotopic (exact) mass is 296 g/mol. The first kappa shape index (κ1) is 14.6. The van der Waals surface area contributed by atoms with Crippen LogP contribution in [-0.2, 0) is 0 Å². The van der Waals surface area contributed by atoms with Gasteiger partial charge in [-0.25, -0.2) is 0 Å². The molecule has 2 aromatic carbocycles. The minimum atomic E-state index is 0.0756. The van der Waals surface area contributed by atoms with Gasteiger partial charge in [0.2, 0.25) is 0 Å². The molecule has 22 heavy (non-hydrogen) atoms. The highest BCUT2D eigenvalue weighted by atomic mass is 16.5. The van der Waals surface area contributed by atoms with Gasteiger partial charge in [0.15, 0.2) is 0 Å². The first-order valence-corrected chi connectivity index (χ1v) is 7.53. The quantitative estimate of drug-likeness (QED) is 0.873. The number of carbonyl (C=O) groups excluding carboxylic acids is 1. The summed E-state index contributed by atoms with van der Waals surface area (Å²) in [6.07, 6.45) is 0. The first-order valence-electron chi connectivity index (χ1n) is 7.53. The van der Waals surface area contributed by atoms with E-state index < -0.39 is 0 Å². The van der Waals surface area contributed by atoms with E-state index in [2.05, 4.69) is 11.9 Å². The molecule has 0 aromatic heterocycles. The number of piperazine rings is 1. The average Bonchev–Trinajstić information content (AvgIpc) is 2.56. The maximum absolute atomic E-state index is 12.6. The predicted octanol–water partition coefficient (Wildman–Crippen LogP) is 2.87. The molecule has 1 heterocycles. The topological polar surface area (TPSA) is 32.8 Å². The maximum Gasteiger partial charge on any atom is 0.254 e. The van der Waals surface area contributed by atoms with Gasteiger partial charge in [-0.1, -0.05) is 24.3 Å². The fraction of sp³-hybridized carbons (Fsp3) is 0.278. The van der Waals surface area contributed by atoms with Crippen LogP contribution in [-0.4, -0.2) is 48.9 Å². The van der Waals surface area contributed by atoms with E-state index in [0.29, 0.717) is 11.3 Å². The third kappa shape index (κ3) is 3.46. The molecule has 3 rings (SSSR count). The van der Waals surface area contributed by atoms with Crippen LogP contribution in [0.4, 0.5) is 0 Å². The standard InChI is InChI=1S/C18H20N2O2/c1-19-10-12-20(13-11-19)18(21)15-6-5-9-17(14-15)22-16-7-3-2-4-8-16/h2-9,14H,10-13H2,1H3. The zero-order valence-electron chi connectivity index (χ0n) is 12.7. The van der Waals surface area contributed by atoms with Crippen molar-refractivity contribution in [3.8, 4) is 11.5 Å². The highest BCUT2D eigenvalue weighted by Gasteiger charge is 2.20. The fourth-order valence-electron chi connectivity index (χ4n) is 2.51. The summed E-state index contributed by atoms with van der Waals surface area (Å²) in [5, 5.41) is 0. The van der Waals surface area contributed by atoms with E-state index >= 15 is 0 Å². The summed E-state index contributed by atoms with van der Waals surface area (Å²) in [7, 11) is 2.08. The average molecular weight is 296 g/mol. The van der Waals surface area contributed by atoms with E-state index in [1.165, 1.54) is 0 Å². The van der Waals surface area contributed by atoms with Crippen LogP contribution in [0.3, 0.4) is 0 Å². The number of amides is 1. The Hall–Kier alpha value is -2.33. The molecule has 0 N–H and O–H groups in total. The van der Waals surface area contributed by atoms with Crippen molar-refractivity contribution in [2.24, 2.45) is 0 Å². The van der Waals surface area contributed by atoms with E-state index in [1.54, 1.807) is 0 Å². The third-order valence-electron chi connectivity index (χ3n) is 3.85. The second-order valence-corrected chi connectivity index (χ2v) is 5.54. The Morgan fingerprint density at radius 1 is 0.909 bits per heavy atom. The van der Waals surface area contributed by atoms with E-state index in [0.717, 1.165) is 31.9 Å². The molecule has 0 aliphatic carbocycles. The second-order valence-electron chi connectivity index (χ2n) is 5.54. The largest absolute Gasteiger partial charge is 0.457 e. The lowest BCUT2D eigenvalue weighted by Gasteiger charge is -2.32. The van der Waals surface area contributed by atoms with Crippen molar-refractivity contribution in [2.75, 3.05) is 33.2 Å². The summed E-state index contributed by atoms with van der Waals surface area (Å²) in [4.78, 5) is 16.7. The lowest BCUT2D eigenvalue weighted by atomic mass is 10.1. The minimum Gasteiger partial charge on any atom is -0.457 e. The predicted molar refractivity (Wildman–Crippen MR) is 86.4 cm³/mol. The molecule has 0 spiro atoms. The number of carbonyl (C=O) groups is 1. The lowest BCUT2D eigenvalue weighted by molar-refractivity contribution is 0.0664. The number of benzene rings is 2. The maximum atomic E-state index is 12.6. The Morgan fingerprint density at radius 3 is 2.32 bits per heavy atom. The van der Waals surface area contributed by atoms with Crippen molar-refractivity contribution in [2.45, 2.75) is 0 Å². The summed E-state index contributed by atoms with van der Waals surface area (Å²) in [6, 6.07) is 17.0. The number of likely N-dealkylation sites (N-methyl/N-ethyl adjacent to an activating group) is 1. The summed E-state index contributed by atoms with van der Waals surface area (Å²) in [5.74, 6) is 1.53. The smallest absolute Gasteiger partial charge is 0.254 e. The van der Waals surface area contributed by atoms with Crippen LogP contribution in [0, 0.1) is 0 Å². The number of hydrogen-bond donors (Lipinski definition) is 0. The van der Waals surface area contributed by atoms with Crippen LogP contribution in [0.1, 0.15) is 10.4 Å². The van der Waals surface area contributed by atoms with Gasteiger partial charge in [0, 0.05) is 31.7 Å². The minimum absolute atomic E-state index is 0.0756. The van der Waals surface area contributed by atoms with Crippen LogP contribution in [0.2, 0.25) is 0 Å². The van der Waals surface area contributed by atoms with Crippen LogP contribution < -0.4 is 4.74 Å². The lowest BCUT2D eigenvalue weighted by Crippen LogP contribution is -2.47. The number of ether oxygens (including phenoxy) is 1. The molecule has 1 saturated heterocycles. The molecule has 0 atom stereocenters. The van der Waals surface area contributed by atoms with E-state index in [-0.39, 0.29) is 5.91 Å². The molecule has 0 saturated carbocycles. The molecule has 114 valence electrons. The van der Waals surface area contributed by atoms with Gasteiger partial charge in [0.25, 0.3) is 5.91 Å². The molecule has 1 amide bonds. The summed E-state index contributed by atoms with van der Waals surface area (Å²) in [5.41, 5.74) is 0.679. The van der Waals surface area contributed by atoms with Crippen molar-refractivity contribution >= 4 is 5.91 Å². The Kier molecular flexibility index (Phi) is 4.39. The van der Waals surface area contributed by atoms with E-state index in [9.17, 15) is 4.79 Å². The molecular weight excluding hydrogens is 276 g/mol. The Balaban J connectivity index is 1.72. The van der Waals surface area contributed by atoms with Crippen LogP contribution in [0.25, 0.3) is 0 Å². The molecule has 4 nitrogen and oxygen atoms in total. The van der Waals surface area contributed by atoms with Crippen LogP contribution >= 0.6 is 0 Å². The molecule has 2 aromatic rings. The molecule has 0 bridgehead atoms. The van der Waals surface area contributed by atoms with Gasteiger partial charge < -0.3 is 14.5 Å². The van der Waals surface area contributed by atoms with Gasteiger partial charge in [-0.15, -0.1) is 0 Å². The molecule has 1 aliphatic heterocycles. The van der Waals surface area contributed by atoms with Crippen LogP contribution in [0.5, 0.6) is 11.5 Å². The Bertz CT molecular complexity index is 635. The molecule has 1 aliphatic rings. The van der Waals surface area contributed by atoms with Crippen molar-refractivity contribution in [1.29, 1.82) is 0 Å². The zero-order valence-corrected chi connectivity index (χ0v) is 12.7. The fourth-order valence-corrected chi connectivity index (χ4v) is 2.51. The summed E-state index contributed by atoms with van der Waals surface area (Å²) >= 11 is 0. The third-order valence-corrected chi connectivity index (χ3v) is 3.85. The van der Waals surface area contributed by atoms with Crippen molar-refractivity contribution < 1.29 is 9.53 Å². The first-order chi connectivity index (χ1) is 10.7. The zero-order chi connectivity index (χ0) is 15.4. The molecule has 0 radical (unpaired) electrons. The van der Waals surface area contributed by atoms with Crippen molar-refractivity contribution in [3.63, 3.8) is 0 Å². The highest BCUT2D eigenvalue weighted by Crippen LogP contribution is 2.22. The second kappa shape index (κ2) is 6.62. The van der Waals surface area contributed by atoms with Gasteiger partial charge in [-0.3, -0.25) is 4.79 Å². The van der Waals surface area contributed by atoms with Crippen molar-refractivity contribution in [1.82, 2.24) is 9.80 Å². The molecule has 1 fully saturated rings. The Morgan fingerprint density at radius 2 is 1.59 bits per heavy atom.